The summed E-state index contributed by atoms with van der Waals surface area (Å²) < 4.78 is 23.1. The van der Waals surface area contributed by atoms with Gasteiger partial charge in [-0.2, -0.15) is 0 Å². The van der Waals surface area contributed by atoms with Crippen LogP contribution in [-0.4, -0.2) is 49.3 Å². The zero-order valence-electron chi connectivity index (χ0n) is 18.5. The van der Waals surface area contributed by atoms with Gasteiger partial charge in [0.15, 0.2) is 15.6 Å². The molecule has 2 aromatic rings. The third-order valence-corrected chi connectivity index (χ3v) is 6.24. The van der Waals surface area contributed by atoms with E-state index >= 15 is 0 Å². The predicted octanol–water partition coefficient (Wildman–Crippen LogP) is 2.00. The highest BCUT2D eigenvalue weighted by Gasteiger charge is 2.28. The van der Waals surface area contributed by atoms with Gasteiger partial charge in [0.1, 0.15) is 5.78 Å². The number of carbonyl (C=O) groups is 4. The molecule has 0 bridgehead atoms. The molecule has 0 saturated heterocycles. The number of carbonyl (C=O) groups excluding carboxylic acids is 3. The fourth-order valence-electron chi connectivity index (χ4n) is 3.33. The molecule has 33 heavy (non-hydrogen) atoms. The average molecular weight is 474 g/mol. The van der Waals surface area contributed by atoms with Crippen LogP contribution in [0.3, 0.4) is 0 Å². The van der Waals surface area contributed by atoms with Crippen molar-refractivity contribution >= 4 is 33.3 Å². The smallest absolute Gasteiger partial charge is 0.304 e. The zero-order valence-corrected chi connectivity index (χ0v) is 19.3. The number of nitrogens with one attached hydrogen (secondary N) is 1. The summed E-state index contributed by atoms with van der Waals surface area (Å²) in [5.41, 5.74) is 1.38. The van der Waals surface area contributed by atoms with Crippen LogP contribution in [0.15, 0.2) is 59.5 Å². The molecule has 0 spiro atoms. The highest BCUT2D eigenvalue weighted by atomic mass is 32.2. The Hall–Kier alpha value is -3.33. The summed E-state index contributed by atoms with van der Waals surface area (Å²) in [5.74, 6) is -3.69. The molecule has 2 rings (SSSR count). The van der Waals surface area contributed by atoms with Gasteiger partial charge < -0.3 is 10.4 Å². The Labute approximate surface area is 192 Å². The van der Waals surface area contributed by atoms with Gasteiger partial charge in [-0.25, -0.2) is 8.42 Å². The lowest BCUT2D eigenvalue weighted by Gasteiger charge is -2.20. The lowest BCUT2D eigenvalue weighted by atomic mass is 9.93. The largest absolute Gasteiger partial charge is 0.481 e. The fraction of sp³-hybridized carbons (Fsp3) is 0.333. The fourth-order valence-corrected chi connectivity index (χ4v) is 3.96. The van der Waals surface area contributed by atoms with Gasteiger partial charge in [0.25, 0.3) is 0 Å². The molecule has 2 N–H and O–H groups in total. The summed E-state index contributed by atoms with van der Waals surface area (Å²) in [6, 6.07) is 14.0. The van der Waals surface area contributed by atoms with E-state index in [1.54, 1.807) is 0 Å². The topological polar surface area (TPSA) is 135 Å². The van der Waals surface area contributed by atoms with Crippen molar-refractivity contribution in [3.05, 3.63) is 65.7 Å². The first-order valence-corrected chi connectivity index (χ1v) is 12.2. The van der Waals surface area contributed by atoms with E-state index in [0.29, 0.717) is 5.56 Å². The highest BCUT2D eigenvalue weighted by molar-refractivity contribution is 7.90. The molecular weight excluding hydrogens is 446 g/mol. The van der Waals surface area contributed by atoms with E-state index in [-0.39, 0.29) is 35.7 Å². The molecule has 0 heterocycles. The Kier molecular flexibility index (Phi) is 9.04. The quantitative estimate of drug-likeness (QED) is 0.481. The normalized spacial score (nSPS) is 13.0. The van der Waals surface area contributed by atoms with Crippen LogP contribution in [0.4, 0.5) is 0 Å². The molecular formula is C24H27NO7S. The minimum Gasteiger partial charge on any atom is -0.481 e. The van der Waals surface area contributed by atoms with Gasteiger partial charge in [0.05, 0.1) is 23.3 Å². The standard InChI is InChI=1S/C24H27NO7S/c1-16(26)22(13-17-6-4-3-5-7-17)25-24(30)19(15-23(28)29)14-20(27)12-18-8-10-21(11-9-18)33(2,31)32/h3-11,19,22H,12-15H2,1-2H3,(H,25,30)(H,28,29)/t19-,22-/m0/s1. The van der Waals surface area contributed by atoms with E-state index in [9.17, 15) is 32.7 Å². The number of ketones is 2. The second kappa shape index (κ2) is 11.5. The molecule has 8 nitrogen and oxygen atoms in total. The van der Waals surface area contributed by atoms with Crippen molar-refractivity contribution in [1.29, 1.82) is 0 Å². The first-order chi connectivity index (χ1) is 15.5. The van der Waals surface area contributed by atoms with Gasteiger partial charge in [-0.05, 0) is 36.6 Å². The molecule has 9 heteroatoms. The van der Waals surface area contributed by atoms with Crippen LogP contribution in [0.5, 0.6) is 0 Å². The summed E-state index contributed by atoms with van der Waals surface area (Å²) in [6.07, 6.45) is 0.382. The number of rotatable bonds is 12. The maximum Gasteiger partial charge on any atom is 0.304 e. The van der Waals surface area contributed by atoms with Crippen LogP contribution in [0.1, 0.15) is 30.9 Å². The van der Waals surface area contributed by atoms with E-state index in [0.717, 1.165) is 11.8 Å². The Balaban J connectivity index is 2.07. The first kappa shape index (κ1) is 25.9. The molecule has 0 fully saturated rings. The maximum atomic E-state index is 12.8. The molecule has 0 radical (unpaired) electrons. The van der Waals surface area contributed by atoms with Crippen LogP contribution >= 0.6 is 0 Å². The van der Waals surface area contributed by atoms with Crippen LogP contribution in [0.25, 0.3) is 0 Å². The number of Topliss-reactive ketones (excluding diaryl/α,β-unsaturated/α-hetero) is 2. The summed E-state index contributed by atoms with van der Waals surface area (Å²) in [5, 5.41) is 11.8. The van der Waals surface area contributed by atoms with Crippen LogP contribution < -0.4 is 5.32 Å². The van der Waals surface area contributed by atoms with Gasteiger partial charge in [0, 0.05) is 19.1 Å². The monoisotopic (exact) mass is 473 g/mol. The average Bonchev–Trinajstić information content (AvgIpc) is 2.72. The molecule has 0 aliphatic heterocycles. The van der Waals surface area contributed by atoms with Crippen molar-refractivity contribution in [3.63, 3.8) is 0 Å². The third kappa shape index (κ3) is 8.61. The van der Waals surface area contributed by atoms with Crippen molar-refractivity contribution in [2.24, 2.45) is 5.92 Å². The molecule has 0 aliphatic carbocycles. The SMILES string of the molecule is CC(=O)[C@H](Cc1ccccc1)NC(=O)[C@H](CC(=O)O)CC(=O)Cc1ccc(S(C)(=O)=O)cc1. The molecule has 0 aromatic heterocycles. The second-order valence-electron chi connectivity index (χ2n) is 7.99. The van der Waals surface area contributed by atoms with Crippen molar-refractivity contribution in [3.8, 4) is 0 Å². The maximum absolute atomic E-state index is 12.8. The van der Waals surface area contributed by atoms with Gasteiger partial charge in [0.2, 0.25) is 5.91 Å². The zero-order chi connectivity index (χ0) is 24.6. The number of hydrogen-bond acceptors (Lipinski definition) is 6. The molecule has 0 unspecified atom stereocenters. The van der Waals surface area contributed by atoms with Crippen molar-refractivity contribution in [2.75, 3.05) is 6.26 Å². The predicted molar refractivity (Wildman–Crippen MR) is 121 cm³/mol. The van der Waals surface area contributed by atoms with E-state index in [1.807, 2.05) is 30.3 Å². The Morgan fingerprint density at radius 3 is 2.03 bits per heavy atom. The molecule has 1 amide bonds. The van der Waals surface area contributed by atoms with Crippen LogP contribution in [0, 0.1) is 5.92 Å². The lowest BCUT2D eigenvalue weighted by Crippen LogP contribution is -2.45. The second-order valence-corrected chi connectivity index (χ2v) is 10.0. The highest BCUT2D eigenvalue weighted by Crippen LogP contribution is 2.16. The summed E-state index contributed by atoms with van der Waals surface area (Å²) in [4.78, 5) is 48.8. The lowest BCUT2D eigenvalue weighted by molar-refractivity contribution is -0.142. The summed E-state index contributed by atoms with van der Waals surface area (Å²) in [7, 11) is -3.36. The van der Waals surface area contributed by atoms with Crippen molar-refractivity contribution in [2.45, 2.75) is 43.5 Å². The van der Waals surface area contributed by atoms with E-state index in [4.69, 9.17) is 0 Å². The number of carboxylic acid groups (broad SMARTS) is 1. The molecule has 2 atom stereocenters. The minimum absolute atomic E-state index is 0.0758. The number of sulfone groups is 1. The van der Waals surface area contributed by atoms with Gasteiger partial charge >= 0.3 is 5.97 Å². The van der Waals surface area contributed by atoms with Gasteiger partial charge in [-0.3, -0.25) is 19.2 Å². The van der Waals surface area contributed by atoms with E-state index in [1.165, 1.54) is 31.2 Å². The third-order valence-electron chi connectivity index (χ3n) is 5.11. The van der Waals surface area contributed by atoms with Crippen LogP contribution in [-0.2, 0) is 41.9 Å². The number of carboxylic acids is 1. The van der Waals surface area contributed by atoms with Crippen molar-refractivity contribution < 1.29 is 32.7 Å². The Morgan fingerprint density at radius 1 is 0.909 bits per heavy atom. The molecule has 0 saturated carbocycles. The number of aliphatic carboxylic acids is 1. The number of benzene rings is 2. The van der Waals surface area contributed by atoms with E-state index < -0.39 is 40.1 Å². The summed E-state index contributed by atoms with van der Waals surface area (Å²) >= 11 is 0. The molecule has 2 aromatic carbocycles. The first-order valence-electron chi connectivity index (χ1n) is 10.3. The Morgan fingerprint density at radius 2 is 1.52 bits per heavy atom. The van der Waals surface area contributed by atoms with Crippen molar-refractivity contribution in [1.82, 2.24) is 5.32 Å². The van der Waals surface area contributed by atoms with E-state index in [2.05, 4.69) is 5.32 Å². The Bertz CT molecular complexity index is 1110. The molecule has 0 aliphatic rings. The van der Waals surface area contributed by atoms with Crippen LogP contribution in [0.2, 0.25) is 0 Å². The minimum atomic E-state index is -3.36. The number of amides is 1. The summed E-state index contributed by atoms with van der Waals surface area (Å²) in [6.45, 7) is 1.34. The number of hydrogen-bond donors (Lipinski definition) is 2. The van der Waals surface area contributed by atoms with Gasteiger partial charge in [-0.1, -0.05) is 42.5 Å². The molecule has 176 valence electrons. The van der Waals surface area contributed by atoms with Gasteiger partial charge in [-0.15, -0.1) is 0 Å².